The number of hydrogen-bond acceptors (Lipinski definition) is 5. The Labute approximate surface area is 156 Å². The third kappa shape index (κ3) is 4.88. The van der Waals surface area contributed by atoms with Gasteiger partial charge in [0.1, 0.15) is 0 Å². The first-order valence-corrected chi connectivity index (χ1v) is 9.87. The fourth-order valence-corrected chi connectivity index (χ4v) is 3.94. The van der Waals surface area contributed by atoms with E-state index >= 15 is 0 Å². The van der Waals surface area contributed by atoms with Gasteiger partial charge >= 0.3 is 0 Å². The van der Waals surface area contributed by atoms with Crippen molar-refractivity contribution in [3.63, 3.8) is 0 Å². The van der Waals surface area contributed by atoms with Crippen molar-refractivity contribution in [1.29, 1.82) is 0 Å². The second-order valence-electron chi connectivity index (χ2n) is 6.39. The van der Waals surface area contributed by atoms with Crippen LogP contribution >= 0.6 is 11.8 Å². The van der Waals surface area contributed by atoms with Gasteiger partial charge in [-0.15, -0.1) is 0 Å². The van der Waals surface area contributed by atoms with E-state index in [4.69, 9.17) is 0 Å². The molecule has 1 aromatic heterocycles. The first kappa shape index (κ1) is 18.5. The smallest absolute Gasteiger partial charge is 0.258 e. The predicted molar refractivity (Wildman–Crippen MR) is 101 cm³/mol. The molecule has 138 valence electrons. The molecule has 0 saturated carbocycles. The number of aromatic nitrogens is 2. The van der Waals surface area contributed by atoms with Crippen molar-refractivity contribution in [2.24, 2.45) is 0 Å². The zero-order valence-corrected chi connectivity index (χ0v) is 15.5. The SMILES string of the molecule is O=C(CSc1nc(O)cc(=O)n1Cc1ccccc1)N1CCCCCC1. The van der Waals surface area contributed by atoms with Crippen LogP contribution in [-0.2, 0) is 11.3 Å². The van der Waals surface area contributed by atoms with Gasteiger partial charge in [0.05, 0.1) is 18.4 Å². The first-order chi connectivity index (χ1) is 12.6. The van der Waals surface area contributed by atoms with E-state index in [-0.39, 0.29) is 23.1 Å². The molecule has 2 aromatic rings. The minimum atomic E-state index is -0.328. The molecule has 0 spiro atoms. The van der Waals surface area contributed by atoms with E-state index in [0.29, 0.717) is 11.7 Å². The molecule has 1 fully saturated rings. The minimum Gasteiger partial charge on any atom is -0.493 e. The Bertz CT molecular complexity index is 799. The summed E-state index contributed by atoms with van der Waals surface area (Å²) >= 11 is 1.20. The molecule has 0 atom stereocenters. The van der Waals surface area contributed by atoms with E-state index in [1.807, 2.05) is 35.2 Å². The van der Waals surface area contributed by atoms with Crippen LogP contribution in [0.1, 0.15) is 31.2 Å². The van der Waals surface area contributed by atoms with Gasteiger partial charge in [0.25, 0.3) is 5.56 Å². The summed E-state index contributed by atoms with van der Waals surface area (Å²) in [4.78, 5) is 30.8. The van der Waals surface area contributed by atoms with E-state index in [0.717, 1.165) is 37.6 Å². The monoisotopic (exact) mass is 373 g/mol. The van der Waals surface area contributed by atoms with Gasteiger partial charge in [-0.05, 0) is 18.4 Å². The summed E-state index contributed by atoms with van der Waals surface area (Å²) in [6.45, 7) is 1.94. The van der Waals surface area contributed by atoms with Crippen LogP contribution < -0.4 is 5.56 Å². The van der Waals surface area contributed by atoms with Gasteiger partial charge in [0, 0.05) is 13.1 Å². The van der Waals surface area contributed by atoms with E-state index in [1.54, 1.807) is 0 Å². The molecule has 1 aliphatic heterocycles. The predicted octanol–water partition coefficient (Wildman–Crippen LogP) is 2.49. The lowest BCUT2D eigenvalue weighted by atomic mass is 10.2. The molecule has 0 aliphatic carbocycles. The molecule has 0 bridgehead atoms. The van der Waals surface area contributed by atoms with Gasteiger partial charge in [-0.3, -0.25) is 14.2 Å². The van der Waals surface area contributed by atoms with E-state index in [2.05, 4.69) is 4.98 Å². The van der Waals surface area contributed by atoms with Gasteiger partial charge < -0.3 is 10.0 Å². The quantitative estimate of drug-likeness (QED) is 0.644. The molecule has 6 nitrogen and oxygen atoms in total. The average molecular weight is 373 g/mol. The lowest BCUT2D eigenvalue weighted by Gasteiger charge is -2.20. The third-order valence-electron chi connectivity index (χ3n) is 4.43. The summed E-state index contributed by atoms with van der Waals surface area (Å²) in [6.07, 6.45) is 4.42. The van der Waals surface area contributed by atoms with Gasteiger partial charge in [-0.1, -0.05) is 54.9 Å². The highest BCUT2D eigenvalue weighted by molar-refractivity contribution is 7.99. The molecule has 3 rings (SSSR count). The van der Waals surface area contributed by atoms with Crippen LogP contribution in [0.25, 0.3) is 0 Å². The number of rotatable bonds is 5. The van der Waals surface area contributed by atoms with Gasteiger partial charge in [0.15, 0.2) is 5.16 Å². The summed E-state index contributed by atoms with van der Waals surface area (Å²) in [5, 5.41) is 10.1. The second-order valence-corrected chi connectivity index (χ2v) is 7.33. The van der Waals surface area contributed by atoms with Crippen molar-refractivity contribution in [2.75, 3.05) is 18.8 Å². The Hall–Kier alpha value is -2.28. The van der Waals surface area contributed by atoms with Crippen LogP contribution in [0.4, 0.5) is 0 Å². The van der Waals surface area contributed by atoms with Gasteiger partial charge in [-0.25, -0.2) is 0 Å². The van der Waals surface area contributed by atoms with E-state index in [9.17, 15) is 14.7 Å². The number of aromatic hydroxyl groups is 1. The molecule has 7 heteroatoms. The summed E-state index contributed by atoms with van der Waals surface area (Å²) in [5.41, 5.74) is 0.633. The number of benzene rings is 1. The van der Waals surface area contributed by atoms with Crippen molar-refractivity contribution in [1.82, 2.24) is 14.5 Å². The zero-order valence-electron chi connectivity index (χ0n) is 14.6. The fraction of sp³-hybridized carbons (Fsp3) is 0.421. The topological polar surface area (TPSA) is 75.4 Å². The third-order valence-corrected chi connectivity index (χ3v) is 5.39. The standard InChI is InChI=1S/C19H23N3O3S/c23-16-12-17(24)22(13-15-8-4-3-5-9-15)19(20-16)26-14-18(25)21-10-6-1-2-7-11-21/h3-5,8-9,12,23H,1-2,6-7,10-11,13-14H2. The van der Waals surface area contributed by atoms with Crippen LogP contribution in [0.15, 0.2) is 46.3 Å². The minimum absolute atomic E-state index is 0.0563. The van der Waals surface area contributed by atoms with Crippen molar-refractivity contribution >= 4 is 17.7 Å². The fourth-order valence-electron chi connectivity index (χ4n) is 3.03. The zero-order chi connectivity index (χ0) is 18.4. The molecule has 1 saturated heterocycles. The molecular weight excluding hydrogens is 350 g/mol. The molecule has 1 amide bonds. The first-order valence-electron chi connectivity index (χ1n) is 8.89. The number of amides is 1. The molecule has 1 aromatic carbocycles. The summed E-state index contributed by atoms with van der Waals surface area (Å²) in [6, 6.07) is 10.7. The maximum Gasteiger partial charge on any atom is 0.258 e. The van der Waals surface area contributed by atoms with Crippen LogP contribution in [0, 0.1) is 0 Å². The number of hydrogen-bond donors (Lipinski definition) is 1. The average Bonchev–Trinajstić information content (AvgIpc) is 2.92. The second kappa shape index (κ2) is 8.89. The Kier molecular flexibility index (Phi) is 6.33. The molecular formula is C19H23N3O3S. The van der Waals surface area contributed by atoms with Crippen molar-refractivity contribution in [3.8, 4) is 5.88 Å². The van der Waals surface area contributed by atoms with Crippen molar-refractivity contribution in [2.45, 2.75) is 37.4 Å². The Balaban J connectivity index is 1.74. The molecule has 1 aliphatic rings. The highest BCUT2D eigenvalue weighted by Gasteiger charge is 2.17. The van der Waals surface area contributed by atoms with E-state index in [1.165, 1.54) is 29.2 Å². The van der Waals surface area contributed by atoms with Crippen LogP contribution in [0.2, 0.25) is 0 Å². The number of carbonyl (C=O) groups is 1. The molecule has 26 heavy (non-hydrogen) atoms. The maximum absolute atomic E-state index is 12.5. The normalized spacial score (nSPS) is 14.8. The Morgan fingerprint density at radius 3 is 2.50 bits per heavy atom. The van der Waals surface area contributed by atoms with Gasteiger partial charge in [0.2, 0.25) is 11.8 Å². The van der Waals surface area contributed by atoms with Crippen LogP contribution in [0.3, 0.4) is 0 Å². The van der Waals surface area contributed by atoms with E-state index < -0.39 is 0 Å². The highest BCUT2D eigenvalue weighted by Crippen LogP contribution is 2.19. The van der Waals surface area contributed by atoms with Crippen LogP contribution in [-0.4, -0.2) is 44.3 Å². The molecule has 0 radical (unpaired) electrons. The van der Waals surface area contributed by atoms with Crippen LogP contribution in [0.5, 0.6) is 5.88 Å². The lowest BCUT2D eigenvalue weighted by molar-refractivity contribution is -0.128. The Morgan fingerprint density at radius 2 is 1.81 bits per heavy atom. The maximum atomic E-state index is 12.5. The summed E-state index contributed by atoms with van der Waals surface area (Å²) in [5.74, 6) is -0.0465. The van der Waals surface area contributed by atoms with Crippen molar-refractivity contribution in [3.05, 3.63) is 52.3 Å². The van der Waals surface area contributed by atoms with Gasteiger partial charge in [-0.2, -0.15) is 4.98 Å². The number of likely N-dealkylation sites (tertiary alicyclic amines) is 1. The summed E-state index contributed by atoms with van der Waals surface area (Å²) in [7, 11) is 0. The highest BCUT2D eigenvalue weighted by atomic mass is 32.2. The Morgan fingerprint density at radius 1 is 1.12 bits per heavy atom. The number of nitrogens with zero attached hydrogens (tertiary/aromatic N) is 3. The molecule has 1 N–H and O–H groups in total. The molecule has 2 heterocycles. The number of thioether (sulfide) groups is 1. The number of carbonyl (C=O) groups excluding carboxylic acids is 1. The lowest BCUT2D eigenvalue weighted by Crippen LogP contribution is -2.33. The largest absolute Gasteiger partial charge is 0.493 e. The molecule has 0 unspecified atom stereocenters. The summed E-state index contributed by atoms with van der Waals surface area (Å²) < 4.78 is 1.50. The van der Waals surface area contributed by atoms with Crippen molar-refractivity contribution < 1.29 is 9.90 Å².